The molecule has 140 valence electrons. The smallest absolute Gasteiger partial charge is 0.217 e. The third-order valence-corrected chi connectivity index (χ3v) is 8.46. The van der Waals surface area contributed by atoms with Gasteiger partial charge in [0, 0.05) is 6.92 Å². The highest BCUT2D eigenvalue weighted by molar-refractivity contribution is 5.73. The van der Waals surface area contributed by atoms with E-state index in [0.29, 0.717) is 17.8 Å². The van der Waals surface area contributed by atoms with E-state index in [-0.39, 0.29) is 28.9 Å². The molecule has 8 atom stereocenters. The van der Waals surface area contributed by atoms with Crippen LogP contribution in [0.5, 0.6) is 0 Å². The van der Waals surface area contributed by atoms with Gasteiger partial charge in [-0.15, -0.1) is 0 Å². The van der Waals surface area contributed by atoms with E-state index in [0.717, 1.165) is 38.5 Å². The van der Waals surface area contributed by atoms with E-state index >= 15 is 0 Å². The van der Waals surface area contributed by atoms with Crippen LogP contribution in [0.3, 0.4) is 0 Å². The number of nitrogens with one attached hydrogen (secondary N) is 1. The van der Waals surface area contributed by atoms with Gasteiger partial charge in [0.05, 0.1) is 18.2 Å². The van der Waals surface area contributed by atoms with E-state index in [1.54, 1.807) is 6.92 Å². The molecule has 1 amide bonds. The first-order valence-electron chi connectivity index (χ1n) is 10.1. The lowest BCUT2D eigenvalue weighted by Gasteiger charge is -2.57. The molecule has 0 radical (unpaired) electrons. The zero-order chi connectivity index (χ0) is 18.0. The number of fused-ring (bicyclic) bond motifs is 5. The van der Waals surface area contributed by atoms with Crippen molar-refractivity contribution in [1.29, 1.82) is 0 Å². The molecular formula is C21H33NO3. The summed E-state index contributed by atoms with van der Waals surface area (Å²) in [5.41, 5.74) is 1.70. The zero-order valence-electron chi connectivity index (χ0n) is 15.8. The largest absolute Gasteiger partial charge is 0.393 e. The van der Waals surface area contributed by atoms with E-state index < -0.39 is 6.10 Å². The molecule has 0 saturated heterocycles. The summed E-state index contributed by atoms with van der Waals surface area (Å²) in [6.45, 7) is 6.26. The normalized spacial score (nSPS) is 51.8. The number of hydrogen-bond acceptors (Lipinski definition) is 3. The predicted octanol–water partition coefficient (Wildman–Crippen LogP) is 2.79. The molecule has 0 aromatic heterocycles. The Morgan fingerprint density at radius 3 is 2.68 bits per heavy atom. The second kappa shape index (κ2) is 5.82. The van der Waals surface area contributed by atoms with Crippen LogP contribution in [0.25, 0.3) is 0 Å². The third kappa shape index (κ3) is 2.51. The summed E-state index contributed by atoms with van der Waals surface area (Å²) in [5, 5.41) is 23.8. The number of allylic oxidation sites excluding steroid dienone is 1. The van der Waals surface area contributed by atoms with Crippen molar-refractivity contribution in [2.45, 2.75) is 84.0 Å². The fourth-order valence-corrected chi connectivity index (χ4v) is 7.14. The first kappa shape index (κ1) is 17.5. The molecule has 4 aliphatic rings. The molecule has 3 N–H and O–H groups in total. The highest BCUT2D eigenvalue weighted by Gasteiger charge is 2.61. The minimum Gasteiger partial charge on any atom is -0.393 e. The van der Waals surface area contributed by atoms with Crippen LogP contribution in [0.1, 0.15) is 65.7 Å². The van der Waals surface area contributed by atoms with Gasteiger partial charge in [-0.25, -0.2) is 0 Å². The van der Waals surface area contributed by atoms with Crippen LogP contribution in [0, 0.1) is 28.6 Å². The molecule has 0 bridgehead atoms. The van der Waals surface area contributed by atoms with Crippen LogP contribution in [0.15, 0.2) is 11.6 Å². The van der Waals surface area contributed by atoms with Gasteiger partial charge in [0.2, 0.25) is 5.91 Å². The SMILES string of the molecule is CC(=O)N[C@H]1[C@@H](O)C[C@H]2[C@H]3CC=C4C[C@@H](O)CC[C@]4(C)[C@@H]3CC[C@@]21C. The van der Waals surface area contributed by atoms with Crippen LogP contribution in [-0.2, 0) is 4.79 Å². The summed E-state index contributed by atoms with van der Waals surface area (Å²) in [4.78, 5) is 11.7. The standard InChI is InChI=1S/C21H33NO3/c1-12(23)22-19-18(25)11-17-15-5-4-13-10-14(24)6-8-20(13,2)16(15)7-9-21(17,19)3/h4,14-19,24-25H,5-11H2,1-3H3,(H,22,23)/t14-,15-,16+,17-,18-,19-,20-,21-/m0/s1. The molecule has 3 fully saturated rings. The maximum Gasteiger partial charge on any atom is 0.217 e. The van der Waals surface area contributed by atoms with Crippen LogP contribution >= 0.6 is 0 Å². The zero-order valence-corrected chi connectivity index (χ0v) is 15.8. The van der Waals surface area contributed by atoms with Gasteiger partial charge in [-0.2, -0.15) is 0 Å². The van der Waals surface area contributed by atoms with Crippen molar-refractivity contribution in [1.82, 2.24) is 5.32 Å². The Morgan fingerprint density at radius 1 is 1.20 bits per heavy atom. The Bertz CT molecular complexity index is 602. The lowest BCUT2D eigenvalue weighted by atomic mass is 9.48. The lowest BCUT2D eigenvalue weighted by molar-refractivity contribution is -0.122. The topological polar surface area (TPSA) is 69.6 Å². The van der Waals surface area contributed by atoms with Gasteiger partial charge < -0.3 is 15.5 Å². The molecule has 25 heavy (non-hydrogen) atoms. The summed E-state index contributed by atoms with van der Waals surface area (Å²) in [6.07, 6.45) is 8.79. The first-order chi connectivity index (χ1) is 11.8. The maximum absolute atomic E-state index is 11.7. The van der Waals surface area contributed by atoms with E-state index in [9.17, 15) is 15.0 Å². The predicted molar refractivity (Wildman–Crippen MR) is 96.7 cm³/mol. The molecule has 0 aromatic carbocycles. The van der Waals surface area contributed by atoms with Gasteiger partial charge in [0.1, 0.15) is 0 Å². The van der Waals surface area contributed by atoms with Gasteiger partial charge in [0.25, 0.3) is 0 Å². The van der Waals surface area contributed by atoms with E-state index in [4.69, 9.17) is 0 Å². The van der Waals surface area contributed by atoms with E-state index in [1.807, 2.05) is 0 Å². The van der Waals surface area contributed by atoms with Crippen LogP contribution in [-0.4, -0.2) is 34.4 Å². The molecule has 0 unspecified atom stereocenters. The molecule has 4 aliphatic carbocycles. The number of carbonyl (C=O) groups is 1. The summed E-state index contributed by atoms with van der Waals surface area (Å²) in [6, 6.07) is -0.109. The van der Waals surface area contributed by atoms with Crippen LogP contribution in [0.4, 0.5) is 0 Å². The molecule has 0 heterocycles. The number of aliphatic hydroxyl groups is 2. The average molecular weight is 347 g/mol. The Labute approximate surface area is 151 Å². The number of hydrogen-bond donors (Lipinski definition) is 3. The average Bonchev–Trinajstić information content (AvgIpc) is 2.79. The number of amides is 1. The fourth-order valence-electron chi connectivity index (χ4n) is 7.14. The monoisotopic (exact) mass is 347 g/mol. The number of carbonyl (C=O) groups excluding carboxylic acids is 1. The van der Waals surface area contributed by atoms with E-state index in [1.165, 1.54) is 12.0 Å². The van der Waals surface area contributed by atoms with Crippen LogP contribution < -0.4 is 5.32 Å². The second-order valence-corrected chi connectivity index (χ2v) is 9.68. The molecule has 0 aliphatic heterocycles. The van der Waals surface area contributed by atoms with Crippen molar-refractivity contribution in [3.8, 4) is 0 Å². The fraction of sp³-hybridized carbons (Fsp3) is 0.857. The Kier molecular flexibility index (Phi) is 4.08. The van der Waals surface area contributed by atoms with Gasteiger partial charge in [-0.1, -0.05) is 25.5 Å². The third-order valence-electron chi connectivity index (χ3n) is 8.46. The molecule has 3 saturated carbocycles. The highest BCUT2D eigenvalue weighted by Crippen LogP contribution is 2.64. The Hall–Kier alpha value is -0.870. The molecule has 4 rings (SSSR count). The minimum absolute atomic E-state index is 0.00212. The summed E-state index contributed by atoms with van der Waals surface area (Å²) in [7, 11) is 0. The molecular weight excluding hydrogens is 314 g/mol. The maximum atomic E-state index is 11.7. The minimum atomic E-state index is -0.427. The molecule has 0 spiro atoms. The molecule has 0 aromatic rings. The van der Waals surface area contributed by atoms with E-state index in [2.05, 4.69) is 25.2 Å². The molecule has 4 heteroatoms. The first-order valence-corrected chi connectivity index (χ1v) is 10.1. The van der Waals surface area contributed by atoms with Crippen molar-refractivity contribution in [3.05, 3.63) is 11.6 Å². The summed E-state index contributed by atoms with van der Waals surface area (Å²) < 4.78 is 0. The highest BCUT2D eigenvalue weighted by atomic mass is 16.3. The Morgan fingerprint density at radius 2 is 1.96 bits per heavy atom. The number of rotatable bonds is 1. The molecule has 4 nitrogen and oxygen atoms in total. The quantitative estimate of drug-likeness (QED) is 0.639. The summed E-state index contributed by atoms with van der Waals surface area (Å²) >= 11 is 0. The Balaban J connectivity index is 1.64. The lowest BCUT2D eigenvalue weighted by Crippen LogP contribution is -2.55. The van der Waals surface area contributed by atoms with Crippen molar-refractivity contribution in [2.75, 3.05) is 0 Å². The van der Waals surface area contributed by atoms with Crippen molar-refractivity contribution < 1.29 is 15.0 Å². The van der Waals surface area contributed by atoms with Crippen molar-refractivity contribution >= 4 is 5.91 Å². The van der Waals surface area contributed by atoms with Gasteiger partial charge in [0.15, 0.2) is 0 Å². The van der Waals surface area contributed by atoms with Gasteiger partial charge >= 0.3 is 0 Å². The van der Waals surface area contributed by atoms with Crippen molar-refractivity contribution in [2.24, 2.45) is 28.6 Å². The second-order valence-electron chi connectivity index (χ2n) is 9.68. The van der Waals surface area contributed by atoms with Gasteiger partial charge in [-0.3, -0.25) is 4.79 Å². The van der Waals surface area contributed by atoms with Crippen LogP contribution in [0.2, 0.25) is 0 Å². The van der Waals surface area contributed by atoms with Gasteiger partial charge in [-0.05, 0) is 73.5 Å². The number of aliphatic hydroxyl groups excluding tert-OH is 2. The summed E-state index contributed by atoms with van der Waals surface area (Å²) in [5.74, 6) is 1.68. The van der Waals surface area contributed by atoms with Crippen molar-refractivity contribution in [3.63, 3.8) is 0 Å².